The molecule has 1 N–H and O–H groups in total. The lowest BCUT2D eigenvalue weighted by molar-refractivity contribution is 0.0835. The van der Waals surface area contributed by atoms with Crippen LogP contribution in [0.5, 0.6) is 0 Å². The minimum absolute atomic E-state index is 0.793. The number of likely N-dealkylation sites (N-methyl/N-ethyl adjacent to an activating group) is 1. The van der Waals surface area contributed by atoms with E-state index in [1.165, 1.54) is 58.0 Å². The predicted octanol–water partition coefficient (Wildman–Crippen LogP) is 3.03. The third kappa shape index (κ3) is 4.06. The average molecular weight is 226 g/mol. The maximum absolute atomic E-state index is 3.36. The lowest BCUT2D eigenvalue weighted by atomic mass is 9.95. The molecule has 0 amide bonds. The summed E-state index contributed by atoms with van der Waals surface area (Å²) in [5, 5.41) is 3.36. The molecule has 0 radical (unpaired) electrons. The van der Waals surface area contributed by atoms with Gasteiger partial charge < -0.3 is 5.32 Å². The first-order valence-corrected chi connectivity index (χ1v) is 7.23. The van der Waals surface area contributed by atoms with Gasteiger partial charge in [0.15, 0.2) is 0 Å². The van der Waals surface area contributed by atoms with Crippen LogP contribution in [0.1, 0.15) is 58.8 Å². The smallest absolute Gasteiger partial charge is 0.0223 e. The summed E-state index contributed by atoms with van der Waals surface area (Å²) < 4.78 is 0. The summed E-state index contributed by atoms with van der Waals surface area (Å²) in [7, 11) is 2.08. The molecule has 16 heavy (non-hydrogen) atoms. The molecule has 2 nitrogen and oxygen atoms in total. The minimum Gasteiger partial charge on any atom is -0.318 e. The molecule has 0 aromatic carbocycles. The Morgan fingerprint density at radius 2 is 1.88 bits per heavy atom. The highest BCUT2D eigenvalue weighted by molar-refractivity contribution is 4.83. The van der Waals surface area contributed by atoms with Crippen LogP contribution in [0.4, 0.5) is 0 Å². The summed E-state index contributed by atoms with van der Waals surface area (Å²) in [4.78, 5) is 2.80. The normalized spacial score (nSPS) is 22.9. The van der Waals surface area contributed by atoms with Crippen molar-refractivity contribution in [2.75, 3.05) is 20.1 Å². The molecule has 96 valence electrons. The van der Waals surface area contributed by atoms with E-state index in [2.05, 4.69) is 31.1 Å². The van der Waals surface area contributed by atoms with Crippen molar-refractivity contribution >= 4 is 0 Å². The number of rotatable bonds is 7. The van der Waals surface area contributed by atoms with Crippen molar-refractivity contribution in [3.8, 4) is 0 Å². The number of piperidine rings is 1. The molecule has 0 bridgehead atoms. The van der Waals surface area contributed by atoms with Crippen LogP contribution in [-0.2, 0) is 0 Å². The first kappa shape index (κ1) is 14.0. The van der Waals surface area contributed by atoms with Gasteiger partial charge in [-0.3, -0.25) is 4.90 Å². The van der Waals surface area contributed by atoms with E-state index in [1.54, 1.807) is 0 Å². The SMILES string of the molecule is CCCC(CCC)N1CCCCC1CNC. The van der Waals surface area contributed by atoms with E-state index < -0.39 is 0 Å². The number of likely N-dealkylation sites (tertiary alicyclic amines) is 1. The molecule has 2 heteroatoms. The van der Waals surface area contributed by atoms with Gasteiger partial charge in [-0.05, 0) is 39.3 Å². The second-order valence-electron chi connectivity index (χ2n) is 5.18. The summed E-state index contributed by atoms with van der Waals surface area (Å²) in [6.45, 7) is 7.14. The largest absolute Gasteiger partial charge is 0.318 e. The molecule has 0 spiro atoms. The Labute approximate surface area is 102 Å². The molecule has 1 fully saturated rings. The zero-order valence-electron chi connectivity index (χ0n) is 11.5. The van der Waals surface area contributed by atoms with Crippen LogP contribution < -0.4 is 5.32 Å². The van der Waals surface area contributed by atoms with Crippen molar-refractivity contribution in [3.05, 3.63) is 0 Å². The van der Waals surface area contributed by atoms with Crippen molar-refractivity contribution < 1.29 is 0 Å². The molecule has 1 aliphatic rings. The highest BCUT2D eigenvalue weighted by Crippen LogP contribution is 2.23. The minimum atomic E-state index is 0.793. The topological polar surface area (TPSA) is 15.3 Å². The van der Waals surface area contributed by atoms with Crippen LogP contribution in [0.25, 0.3) is 0 Å². The highest BCUT2D eigenvalue weighted by atomic mass is 15.2. The Bertz CT molecular complexity index is 162. The summed E-state index contributed by atoms with van der Waals surface area (Å²) in [6.07, 6.45) is 9.64. The summed E-state index contributed by atoms with van der Waals surface area (Å²) in [5.74, 6) is 0. The van der Waals surface area contributed by atoms with E-state index >= 15 is 0 Å². The van der Waals surface area contributed by atoms with Gasteiger partial charge in [0.05, 0.1) is 0 Å². The Kier molecular flexibility index (Phi) is 7.06. The Morgan fingerprint density at radius 1 is 1.19 bits per heavy atom. The van der Waals surface area contributed by atoms with Crippen molar-refractivity contribution in [3.63, 3.8) is 0 Å². The fourth-order valence-electron chi connectivity index (χ4n) is 3.10. The average Bonchev–Trinajstić information content (AvgIpc) is 2.30. The van der Waals surface area contributed by atoms with Crippen LogP contribution in [-0.4, -0.2) is 37.1 Å². The third-order valence-corrected chi connectivity index (χ3v) is 3.83. The van der Waals surface area contributed by atoms with Crippen LogP contribution in [0.15, 0.2) is 0 Å². The molecular formula is C14H30N2. The molecule has 1 aliphatic heterocycles. The maximum Gasteiger partial charge on any atom is 0.0223 e. The zero-order valence-corrected chi connectivity index (χ0v) is 11.5. The molecule has 1 saturated heterocycles. The second-order valence-corrected chi connectivity index (χ2v) is 5.18. The van der Waals surface area contributed by atoms with E-state index in [-0.39, 0.29) is 0 Å². The summed E-state index contributed by atoms with van der Waals surface area (Å²) in [5.41, 5.74) is 0. The van der Waals surface area contributed by atoms with Crippen LogP contribution >= 0.6 is 0 Å². The highest BCUT2D eigenvalue weighted by Gasteiger charge is 2.27. The van der Waals surface area contributed by atoms with Gasteiger partial charge in [0.2, 0.25) is 0 Å². The van der Waals surface area contributed by atoms with E-state index in [0.717, 1.165) is 12.1 Å². The van der Waals surface area contributed by atoms with Gasteiger partial charge in [0, 0.05) is 18.6 Å². The van der Waals surface area contributed by atoms with Gasteiger partial charge in [-0.25, -0.2) is 0 Å². The lowest BCUT2D eigenvalue weighted by Gasteiger charge is -2.41. The third-order valence-electron chi connectivity index (χ3n) is 3.83. The molecule has 0 aliphatic carbocycles. The fraction of sp³-hybridized carbons (Fsp3) is 1.00. The molecule has 0 saturated carbocycles. The molecular weight excluding hydrogens is 196 g/mol. The summed E-state index contributed by atoms with van der Waals surface area (Å²) in [6, 6.07) is 1.63. The Balaban J connectivity index is 2.54. The molecule has 0 aromatic heterocycles. The van der Waals surface area contributed by atoms with Crippen molar-refractivity contribution in [2.24, 2.45) is 0 Å². The zero-order chi connectivity index (χ0) is 11.8. The van der Waals surface area contributed by atoms with Crippen molar-refractivity contribution in [1.29, 1.82) is 0 Å². The van der Waals surface area contributed by atoms with Crippen molar-refractivity contribution in [2.45, 2.75) is 70.9 Å². The van der Waals surface area contributed by atoms with E-state index in [9.17, 15) is 0 Å². The number of hydrogen-bond donors (Lipinski definition) is 1. The second kappa shape index (κ2) is 8.08. The molecule has 1 heterocycles. The van der Waals surface area contributed by atoms with Gasteiger partial charge in [-0.15, -0.1) is 0 Å². The standard InChI is InChI=1S/C14H30N2/c1-4-8-13(9-5-2)16-11-7-6-10-14(16)12-15-3/h13-15H,4-12H2,1-3H3. The molecule has 1 rings (SSSR count). The predicted molar refractivity (Wildman–Crippen MR) is 71.9 cm³/mol. The number of nitrogens with zero attached hydrogens (tertiary/aromatic N) is 1. The van der Waals surface area contributed by atoms with E-state index in [0.29, 0.717) is 0 Å². The van der Waals surface area contributed by atoms with Crippen LogP contribution in [0.2, 0.25) is 0 Å². The number of nitrogens with one attached hydrogen (secondary N) is 1. The summed E-state index contributed by atoms with van der Waals surface area (Å²) >= 11 is 0. The molecule has 1 unspecified atom stereocenters. The van der Waals surface area contributed by atoms with Gasteiger partial charge in [0.25, 0.3) is 0 Å². The van der Waals surface area contributed by atoms with E-state index in [1.807, 2.05) is 0 Å². The van der Waals surface area contributed by atoms with E-state index in [4.69, 9.17) is 0 Å². The Morgan fingerprint density at radius 3 is 2.44 bits per heavy atom. The van der Waals surface area contributed by atoms with Gasteiger partial charge in [0.1, 0.15) is 0 Å². The lowest BCUT2D eigenvalue weighted by Crippen LogP contribution is -2.50. The monoisotopic (exact) mass is 226 g/mol. The van der Waals surface area contributed by atoms with Gasteiger partial charge in [-0.2, -0.15) is 0 Å². The molecule has 1 atom stereocenters. The van der Waals surface area contributed by atoms with Gasteiger partial charge >= 0.3 is 0 Å². The fourth-order valence-corrected chi connectivity index (χ4v) is 3.10. The quantitative estimate of drug-likeness (QED) is 0.718. The first-order valence-electron chi connectivity index (χ1n) is 7.23. The Hall–Kier alpha value is -0.0800. The van der Waals surface area contributed by atoms with Crippen LogP contribution in [0.3, 0.4) is 0 Å². The van der Waals surface area contributed by atoms with Gasteiger partial charge in [-0.1, -0.05) is 33.1 Å². The molecule has 0 aromatic rings. The van der Waals surface area contributed by atoms with Crippen molar-refractivity contribution in [1.82, 2.24) is 10.2 Å². The first-order chi connectivity index (χ1) is 7.83. The maximum atomic E-state index is 3.36. The number of hydrogen-bond acceptors (Lipinski definition) is 2. The van der Waals surface area contributed by atoms with Crippen LogP contribution in [0, 0.1) is 0 Å².